The molecule has 0 radical (unpaired) electrons. The minimum atomic E-state index is -0.590. The van der Waals surface area contributed by atoms with Crippen molar-refractivity contribution in [2.75, 3.05) is 20.2 Å². The predicted octanol–water partition coefficient (Wildman–Crippen LogP) is 5.82. The number of nitrogens with zero attached hydrogens (tertiary/aromatic N) is 1. The second-order valence-electron chi connectivity index (χ2n) is 8.48. The van der Waals surface area contributed by atoms with Crippen LogP contribution in [0.15, 0.2) is 34.9 Å². The summed E-state index contributed by atoms with van der Waals surface area (Å²) in [5.41, 5.74) is 3.36. The van der Waals surface area contributed by atoms with E-state index in [9.17, 15) is 9.59 Å². The summed E-state index contributed by atoms with van der Waals surface area (Å²) < 4.78 is 10.4. The van der Waals surface area contributed by atoms with Crippen LogP contribution in [0.5, 0.6) is 0 Å². The Kier molecular flexibility index (Phi) is 12.2. The third-order valence-corrected chi connectivity index (χ3v) is 3.87. The molecule has 0 saturated heterocycles. The zero-order valence-corrected chi connectivity index (χ0v) is 19.1. The number of allylic oxidation sites excluding steroid dienone is 5. The first-order valence-electron chi connectivity index (χ1n) is 9.95. The van der Waals surface area contributed by atoms with E-state index in [2.05, 4.69) is 32.9 Å². The molecule has 0 rings (SSSR count). The lowest BCUT2D eigenvalue weighted by atomic mass is 10.1. The van der Waals surface area contributed by atoms with Crippen LogP contribution < -0.4 is 0 Å². The van der Waals surface area contributed by atoms with Gasteiger partial charge in [-0.1, -0.05) is 28.9 Å². The third kappa shape index (κ3) is 15.1. The van der Waals surface area contributed by atoms with Crippen molar-refractivity contribution < 1.29 is 19.1 Å². The van der Waals surface area contributed by atoms with Crippen molar-refractivity contribution >= 4 is 12.1 Å². The van der Waals surface area contributed by atoms with Gasteiger partial charge in [-0.15, -0.1) is 0 Å². The fraction of sp³-hybridized carbons (Fsp3) is 0.652. The van der Waals surface area contributed by atoms with Gasteiger partial charge in [-0.2, -0.15) is 0 Å². The SMILES string of the molecule is CC(C)=CCCC(C)=CCCC(C)=CCOC(=O)CN(C)C(=O)OC(C)(C)C. The molecule has 5 nitrogen and oxygen atoms in total. The predicted molar refractivity (Wildman–Crippen MR) is 115 cm³/mol. The number of amides is 1. The summed E-state index contributed by atoms with van der Waals surface area (Å²) in [4.78, 5) is 24.9. The summed E-state index contributed by atoms with van der Waals surface area (Å²) in [7, 11) is 1.52. The molecule has 28 heavy (non-hydrogen) atoms. The molecular formula is C23H39NO4. The summed E-state index contributed by atoms with van der Waals surface area (Å²) in [5.74, 6) is -0.451. The van der Waals surface area contributed by atoms with Gasteiger partial charge in [-0.25, -0.2) is 4.79 Å². The zero-order valence-electron chi connectivity index (χ0n) is 19.1. The van der Waals surface area contributed by atoms with Crippen molar-refractivity contribution in [3.63, 3.8) is 0 Å². The van der Waals surface area contributed by atoms with Gasteiger partial charge in [-0.05, 0) is 80.2 Å². The number of likely N-dealkylation sites (N-methyl/N-ethyl adjacent to an activating group) is 1. The van der Waals surface area contributed by atoms with Crippen LogP contribution in [-0.4, -0.2) is 42.8 Å². The molecule has 0 aliphatic rings. The smallest absolute Gasteiger partial charge is 0.410 e. The number of carbonyl (C=O) groups is 2. The van der Waals surface area contributed by atoms with Gasteiger partial charge in [0.05, 0.1) is 0 Å². The minimum Gasteiger partial charge on any atom is -0.460 e. The molecule has 0 bridgehead atoms. The first-order valence-corrected chi connectivity index (χ1v) is 9.95. The van der Waals surface area contributed by atoms with E-state index in [0.717, 1.165) is 25.7 Å². The lowest BCUT2D eigenvalue weighted by Crippen LogP contribution is -2.37. The van der Waals surface area contributed by atoms with Gasteiger partial charge in [0, 0.05) is 7.05 Å². The van der Waals surface area contributed by atoms with Crippen molar-refractivity contribution in [1.29, 1.82) is 0 Å². The molecule has 0 heterocycles. The van der Waals surface area contributed by atoms with Crippen LogP contribution >= 0.6 is 0 Å². The fourth-order valence-electron chi connectivity index (χ4n) is 2.26. The molecule has 0 unspecified atom stereocenters. The normalized spacial score (nSPS) is 12.4. The molecule has 0 saturated carbocycles. The monoisotopic (exact) mass is 393 g/mol. The van der Waals surface area contributed by atoms with Crippen molar-refractivity contribution in [2.45, 2.75) is 79.8 Å². The van der Waals surface area contributed by atoms with Gasteiger partial charge < -0.3 is 14.4 Å². The molecule has 0 atom stereocenters. The number of hydrogen-bond donors (Lipinski definition) is 0. The summed E-state index contributed by atoms with van der Waals surface area (Å²) in [6.45, 7) is 13.9. The Morgan fingerprint density at radius 2 is 1.43 bits per heavy atom. The van der Waals surface area contributed by atoms with E-state index in [1.54, 1.807) is 20.8 Å². The van der Waals surface area contributed by atoms with Crippen LogP contribution in [0.2, 0.25) is 0 Å². The second kappa shape index (κ2) is 13.2. The number of rotatable bonds is 10. The van der Waals surface area contributed by atoms with E-state index in [1.807, 2.05) is 13.0 Å². The number of ether oxygens (including phenoxy) is 2. The molecule has 0 aromatic heterocycles. The van der Waals surface area contributed by atoms with E-state index in [4.69, 9.17) is 9.47 Å². The standard InChI is InChI=1S/C23H39NO4/c1-18(2)11-9-12-19(3)13-10-14-20(4)15-16-27-21(25)17-24(8)22(26)28-23(5,6)7/h11,13,15H,9-10,12,14,16-17H2,1-8H3. The quantitative estimate of drug-likeness (QED) is 0.347. The maximum absolute atomic E-state index is 11.8. The first kappa shape index (κ1) is 26.0. The van der Waals surface area contributed by atoms with Gasteiger partial charge >= 0.3 is 12.1 Å². The van der Waals surface area contributed by atoms with Gasteiger partial charge in [0.2, 0.25) is 0 Å². The molecule has 0 N–H and O–H groups in total. The molecule has 0 aromatic carbocycles. The topological polar surface area (TPSA) is 55.8 Å². The molecule has 0 fully saturated rings. The highest BCUT2D eigenvalue weighted by molar-refractivity contribution is 5.78. The van der Waals surface area contributed by atoms with Crippen LogP contribution in [-0.2, 0) is 14.3 Å². The molecular weight excluding hydrogens is 354 g/mol. The fourth-order valence-corrected chi connectivity index (χ4v) is 2.26. The molecule has 160 valence electrons. The molecule has 0 aliphatic carbocycles. The Labute approximate surface area is 171 Å². The summed E-state index contributed by atoms with van der Waals surface area (Å²) in [6.07, 6.45) is 10.0. The highest BCUT2D eigenvalue weighted by Crippen LogP contribution is 2.11. The lowest BCUT2D eigenvalue weighted by molar-refractivity contribution is -0.143. The summed E-state index contributed by atoms with van der Waals surface area (Å²) >= 11 is 0. The van der Waals surface area contributed by atoms with Crippen molar-refractivity contribution in [3.8, 4) is 0 Å². The van der Waals surface area contributed by atoms with E-state index >= 15 is 0 Å². The van der Waals surface area contributed by atoms with Crippen LogP contribution in [0, 0.1) is 0 Å². The Hall–Kier alpha value is -2.04. The van der Waals surface area contributed by atoms with Crippen molar-refractivity contribution in [2.24, 2.45) is 0 Å². The zero-order chi connectivity index (χ0) is 21.7. The van der Waals surface area contributed by atoms with Crippen LogP contribution in [0.1, 0.15) is 74.1 Å². The number of carbonyl (C=O) groups excluding carboxylic acids is 2. The maximum Gasteiger partial charge on any atom is 0.410 e. The van der Waals surface area contributed by atoms with E-state index < -0.39 is 17.7 Å². The largest absolute Gasteiger partial charge is 0.460 e. The first-order chi connectivity index (χ1) is 12.9. The Morgan fingerprint density at radius 3 is 1.96 bits per heavy atom. The number of hydrogen-bond acceptors (Lipinski definition) is 4. The Morgan fingerprint density at radius 1 is 0.893 bits per heavy atom. The average Bonchev–Trinajstić information content (AvgIpc) is 2.52. The highest BCUT2D eigenvalue weighted by atomic mass is 16.6. The number of esters is 1. The van der Waals surface area contributed by atoms with Gasteiger partial charge in [0.15, 0.2) is 0 Å². The molecule has 0 spiro atoms. The highest BCUT2D eigenvalue weighted by Gasteiger charge is 2.21. The Bertz CT molecular complexity index is 590. The molecule has 5 heteroatoms. The molecule has 0 aromatic rings. The van der Waals surface area contributed by atoms with Crippen LogP contribution in [0.25, 0.3) is 0 Å². The van der Waals surface area contributed by atoms with E-state index in [0.29, 0.717) is 0 Å². The summed E-state index contributed by atoms with van der Waals surface area (Å²) in [5, 5.41) is 0. The molecule has 0 aliphatic heterocycles. The average molecular weight is 394 g/mol. The van der Waals surface area contributed by atoms with Crippen molar-refractivity contribution in [3.05, 3.63) is 34.9 Å². The van der Waals surface area contributed by atoms with Gasteiger partial charge in [0.25, 0.3) is 0 Å². The maximum atomic E-state index is 11.8. The van der Waals surface area contributed by atoms with Crippen molar-refractivity contribution in [1.82, 2.24) is 4.90 Å². The van der Waals surface area contributed by atoms with E-state index in [-0.39, 0.29) is 13.2 Å². The van der Waals surface area contributed by atoms with Gasteiger partial charge in [-0.3, -0.25) is 4.79 Å². The molecule has 1 amide bonds. The summed E-state index contributed by atoms with van der Waals surface area (Å²) in [6, 6.07) is 0. The second-order valence-corrected chi connectivity index (χ2v) is 8.48. The Balaban J connectivity index is 4.15. The van der Waals surface area contributed by atoms with Gasteiger partial charge in [0.1, 0.15) is 18.8 Å². The van der Waals surface area contributed by atoms with Crippen LogP contribution in [0.4, 0.5) is 4.79 Å². The lowest BCUT2D eigenvalue weighted by Gasteiger charge is -2.24. The third-order valence-electron chi connectivity index (χ3n) is 3.87. The van der Waals surface area contributed by atoms with E-state index in [1.165, 1.54) is 28.7 Å². The minimum absolute atomic E-state index is 0.130. The van der Waals surface area contributed by atoms with Crippen LogP contribution in [0.3, 0.4) is 0 Å².